The number of hydrogen-bond donors (Lipinski definition) is 1. The lowest BCUT2D eigenvalue weighted by molar-refractivity contribution is 0.389. The SMILES string of the molecule is Cc1cn2c(n1)CC(CN)CC2. The molecule has 2 heterocycles. The lowest BCUT2D eigenvalue weighted by atomic mass is 9.98. The standard InChI is InChI=1S/C9H15N3/c1-7-6-12-3-2-8(5-10)4-9(12)11-7/h6,8H,2-5,10H2,1H3. The van der Waals surface area contributed by atoms with Crippen molar-refractivity contribution in [1.29, 1.82) is 0 Å². The van der Waals surface area contributed by atoms with Crippen LogP contribution in [0.4, 0.5) is 0 Å². The van der Waals surface area contributed by atoms with Gasteiger partial charge in [-0.1, -0.05) is 0 Å². The van der Waals surface area contributed by atoms with Gasteiger partial charge >= 0.3 is 0 Å². The second-order valence-corrected chi connectivity index (χ2v) is 3.59. The van der Waals surface area contributed by atoms with Crippen molar-refractivity contribution in [2.24, 2.45) is 11.7 Å². The Bertz CT molecular complexity index is 277. The van der Waals surface area contributed by atoms with Crippen LogP contribution < -0.4 is 5.73 Å². The fourth-order valence-corrected chi connectivity index (χ4v) is 1.84. The highest BCUT2D eigenvalue weighted by Crippen LogP contribution is 2.18. The molecule has 2 rings (SSSR count). The molecule has 0 saturated carbocycles. The Morgan fingerprint density at radius 2 is 2.58 bits per heavy atom. The third-order valence-electron chi connectivity index (χ3n) is 2.56. The molecule has 0 aromatic carbocycles. The molecule has 0 fully saturated rings. The van der Waals surface area contributed by atoms with E-state index in [1.54, 1.807) is 0 Å². The molecule has 0 radical (unpaired) electrons. The molecule has 0 amide bonds. The highest BCUT2D eigenvalue weighted by molar-refractivity contribution is 5.05. The van der Waals surface area contributed by atoms with Crippen LogP contribution in [0.15, 0.2) is 6.20 Å². The van der Waals surface area contributed by atoms with E-state index in [0.717, 1.165) is 25.2 Å². The summed E-state index contributed by atoms with van der Waals surface area (Å²) in [6, 6.07) is 0. The number of imidazole rings is 1. The summed E-state index contributed by atoms with van der Waals surface area (Å²) in [6.07, 6.45) is 4.39. The van der Waals surface area contributed by atoms with Gasteiger partial charge in [-0.2, -0.15) is 0 Å². The van der Waals surface area contributed by atoms with Crippen molar-refractivity contribution in [3.63, 3.8) is 0 Å². The zero-order valence-electron chi connectivity index (χ0n) is 7.45. The first-order valence-corrected chi connectivity index (χ1v) is 4.52. The van der Waals surface area contributed by atoms with Gasteiger partial charge in [0.2, 0.25) is 0 Å². The molecule has 0 saturated heterocycles. The first-order valence-electron chi connectivity index (χ1n) is 4.52. The van der Waals surface area contributed by atoms with E-state index in [2.05, 4.69) is 15.7 Å². The predicted octanol–water partition coefficient (Wildman–Crippen LogP) is 0.713. The van der Waals surface area contributed by atoms with Gasteiger partial charge in [-0.3, -0.25) is 0 Å². The Kier molecular flexibility index (Phi) is 1.89. The van der Waals surface area contributed by atoms with Crippen molar-refractivity contribution in [2.45, 2.75) is 26.3 Å². The van der Waals surface area contributed by atoms with Gasteiger partial charge in [0.25, 0.3) is 0 Å². The fraction of sp³-hybridized carbons (Fsp3) is 0.667. The molecule has 1 aromatic rings. The molecular formula is C9H15N3. The average molecular weight is 165 g/mol. The van der Waals surface area contributed by atoms with Crippen LogP contribution in [0.5, 0.6) is 0 Å². The summed E-state index contributed by atoms with van der Waals surface area (Å²) in [5.41, 5.74) is 6.76. The average Bonchev–Trinajstić information content (AvgIpc) is 2.43. The van der Waals surface area contributed by atoms with Crippen molar-refractivity contribution in [1.82, 2.24) is 9.55 Å². The van der Waals surface area contributed by atoms with E-state index in [4.69, 9.17) is 5.73 Å². The number of rotatable bonds is 1. The Morgan fingerprint density at radius 1 is 1.75 bits per heavy atom. The highest BCUT2D eigenvalue weighted by Gasteiger charge is 2.18. The topological polar surface area (TPSA) is 43.8 Å². The quantitative estimate of drug-likeness (QED) is 0.666. The molecule has 66 valence electrons. The maximum absolute atomic E-state index is 5.63. The van der Waals surface area contributed by atoms with Crippen molar-refractivity contribution in [2.75, 3.05) is 6.54 Å². The van der Waals surface area contributed by atoms with E-state index in [1.165, 1.54) is 12.2 Å². The summed E-state index contributed by atoms with van der Waals surface area (Å²) >= 11 is 0. The second kappa shape index (κ2) is 2.90. The molecule has 3 nitrogen and oxygen atoms in total. The van der Waals surface area contributed by atoms with Gasteiger partial charge in [-0.25, -0.2) is 4.98 Å². The van der Waals surface area contributed by atoms with Gasteiger partial charge in [0, 0.05) is 19.2 Å². The summed E-state index contributed by atoms with van der Waals surface area (Å²) in [5, 5.41) is 0. The van der Waals surface area contributed by atoms with E-state index in [0.29, 0.717) is 5.92 Å². The van der Waals surface area contributed by atoms with Crippen LogP contribution in [-0.2, 0) is 13.0 Å². The smallest absolute Gasteiger partial charge is 0.109 e. The van der Waals surface area contributed by atoms with Crippen LogP contribution >= 0.6 is 0 Å². The summed E-state index contributed by atoms with van der Waals surface area (Å²) in [7, 11) is 0. The van der Waals surface area contributed by atoms with E-state index in [-0.39, 0.29) is 0 Å². The zero-order chi connectivity index (χ0) is 8.55. The summed E-state index contributed by atoms with van der Waals surface area (Å²) in [5.74, 6) is 1.87. The largest absolute Gasteiger partial charge is 0.335 e. The molecule has 3 heteroatoms. The van der Waals surface area contributed by atoms with Crippen LogP contribution in [0.1, 0.15) is 17.9 Å². The van der Waals surface area contributed by atoms with Gasteiger partial charge in [0.05, 0.1) is 5.69 Å². The number of fused-ring (bicyclic) bond motifs is 1. The van der Waals surface area contributed by atoms with Crippen LogP contribution in [0.25, 0.3) is 0 Å². The molecule has 0 bridgehead atoms. The van der Waals surface area contributed by atoms with Gasteiger partial charge in [0.1, 0.15) is 5.82 Å². The number of nitrogens with two attached hydrogens (primary N) is 1. The Labute approximate surface area is 72.6 Å². The number of nitrogens with zero attached hydrogens (tertiary/aromatic N) is 2. The molecule has 2 N–H and O–H groups in total. The van der Waals surface area contributed by atoms with E-state index in [1.807, 2.05) is 6.92 Å². The molecule has 12 heavy (non-hydrogen) atoms. The maximum Gasteiger partial charge on any atom is 0.109 e. The Hall–Kier alpha value is -0.830. The Morgan fingerprint density at radius 3 is 3.33 bits per heavy atom. The molecular weight excluding hydrogens is 150 g/mol. The van der Waals surface area contributed by atoms with Gasteiger partial charge in [-0.15, -0.1) is 0 Å². The van der Waals surface area contributed by atoms with E-state index in [9.17, 15) is 0 Å². The second-order valence-electron chi connectivity index (χ2n) is 3.59. The fourth-order valence-electron chi connectivity index (χ4n) is 1.84. The minimum Gasteiger partial charge on any atom is -0.335 e. The third kappa shape index (κ3) is 1.25. The molecule has 1 unspecified atom stereocenters. The van der Waals surface area contributed by atoms with Crippen LogP contribution in [-0.4, -0.2) is 16.1 Å². The monoisotopic (exact) mass is 165 g/mol. The summed E-state index contributed by atoms with van der Waals surface area (Å²) < 4.78 is 2.25. The molecule has 1 atom stereocenters. The first kappa shape index (κ1) is 7.80. The van der Waals surface area contributed by atoms with Gasteiger partial charge in [-0.05, 0) is 25.8 Å². The number of hydrogen-bond acceptors (Lipinski definition) is 2. The number of aryl methyl sites for hydroxylation is 2. The maximum atomic E-state index is 5.63. The minimum absolute atomic E-state index is 0.652. The van der Waals surface area contributed by atoms with Crippen molar-refractivity contribution in [3.05, 3.63) is 17.7 Å². The van der Waals surface area contributed by atoms with Gasteiger partial charge < -0.3 is 10.3 Å². The highest BCUT2D eigenvalue weighted by atomic mass is 15.1. The van der Waals surface area contributed by atoms with Crippen molar-refractivity contribution in [3.8, 4) is 0 Å². The minimum atomic E-state index is 0.652. The van der Waals surface area contributed by atoms with Gasteiger partial charge in [0.15, 0.2) is 0 Å². The molecule has 1 aliphatic heterocycles. The van der Waals surface area contributed by atoms with E-state index < -0.39 is 0 Å². The molecule has 0 spiro atoms. The molecule has 0 aliphatic carbocycles. The van der Waals surface area contributed by atoms with Crippen LogP contribution in [0.2, 0.25) is 0 Å². The Balaban J connectivity index is 2.22. The zero-order valence-corrected chi connectivity index (χ0v) is 7.45. The number of aromatic nitrogens is 2. The lowest BCUT2D eigenvalue weighted by Gasteiger charge is -2.21. The summed E-state index contributed by atoms with van der Waals surface area (Å²) in [6.45, 7) is 3.94. The molecule has 1 aromatic heterocycles. The van der Waals surface area contributed by atoms with Crippen molar-refractivity contribution < 1.29 is 0 Å². The van der Waals surface area contributed by atoms with Crippen molar-refractivity contribution >= 4 is 0 Å². The van der Waals surface area contributed by atoms with Crippen LogP contribution in [0.3, 0.4) is 0 Å². The predicted molar refractivity (Wildman–Crippen MR) is 47.8 cm³/mol. The molecule has 1 aliphatic rings. The summed E-state index contributed by atoms with van der Waals surface area (Å²) in [4.78, 5) is 4.46. The third-order valence-corrected chi connectivity index (χ3v) is 2.56. The first-order chi connectivity index (χ1) is 5.79. The lowest BCUT2D eigenvalue weighted by Crippen LogP contribution is -2.25. The van der Waals surface area contributed by atoms with E-state index >= 15 is 0 Å². The normalized spacial score (nSPS) is 22.3. The van der Waals surface area contributed by atoms with Crippen LogP contribution in [0, 0.1) is 12.8 Å².